The maximum absolute atomic E-state index is 12.0. The second-order valence-electron chi connectivity index (χ2n) is 5.65. The molecule has 1 fully saturated rings. The molecule has 6 nitrogen and oxygen atoms in total. The third kappa shape index (κ3) is 4.47. The van der Waals surface area contributed by atoms with Crippen molar-refractivity contribution in [2.45, 2.75) is 32.7 Å². The van der Waals surface area contributed by atoms with Crippen LogP contribution in [0.5, 0.6) is 0 Å². The van der Waals surface area contributed by atoms with Gasteiger partial charge in [0.2, 0.25) is 11.8 Å². The molecule has 0 aromatic carbocycles. The predicted octanol–water partition coefficient (Wildman–Crippen LogP) is -0.275. The topological polar surface area (TPSA) is 84.7 Å². The van der Waals surface area contributed by atoms with Crippen molar-refractivity contribution in [3.8, 4) is 0 Å². The van der Waals surface area contributed by atoms with Crippen LogP contribution < -0.4 is 11.1 Å². The monoisotopic (exact) mass is 271 g/mol. The molecule has 0 spiro atoms. The lowest BCUT2D eigenvalue weighted by molar-refractivity contribution is -0.136. The maximum atomic E-state index is 12.0. The molecule has 1 heterocycles. The molecular formula is C13H25N3O3. The number of ether oxygens (including phenoxy) is 1. The van der Waals surface area contributed by atoms with Gasteiger partial charge in [0.25, 0.3) is 0 Å². The fourth-order valence-electron chi connectivity index (χ4n) is 1.96. The van der Waals surface area contributed by atoms with Gasteiger partial charge in [-0.3, -0.25) is 9.59 Å². The van der Waals surface area contributed by atoms with E-state index in [0.717, 1.165) is 12.8 Å². The number of hydrogen-bond donors (Lipinski definition) is 2. The number of amides is 2. The Balaban J connectivity index is 2.38. The summed E-state index contributed by atoms with van der Waals surface area (Å²) in [5, 5.41) is 3.01. The summed E-state index contributed by atoms with van der Waals surface area (Å²) in [6, 6.07) is 0.130. The van der Waals surface area contributed by atoms with Crippen LogP contribution >= 0.6 is 0 Å². The lowest BCUT2D eigenvalue weighted by atomic mass is 9.91. The molecule has 0 aromatic rings. The van der Waals surface area contributed by atoms with Gasteiger partial charge in [0, 0.05) is 32.8 Å². The molecule has 3 N–H and O–H groups in total. The number of piperidine rings is 1. The van der Waals surface area contributed by atoms with E-state index in [4.69, 9.17) is 10.5 Å². The Labute approximate surface area is 114 Å². The minimum absolute atomic E-state index is 0.00886. The summed E-state index contributed by atoms with van der Waals surface area (Å²) in [4.78, 5) is 25.4. The van der Waals surface area contributed by atoms with Crippen LogP contribution in [0.15, 0.2) is 0 Å². The summed E-state index contributed by atoms with van der Waals surface area (Å²) in [7, 11) is 1.51. The lowest BCUT2D eigenvalue weighted by Crippen LogP contribution is -2.51. The molecular weight excluding hydrogens is 246 g/mol. The first-order valence-corrected chi connectivity index (χ1v) is 6.68. The average molecular weight is 271 g/mol. The first kappa shape index (κ1) is 15.9. The highest BCUT2D eigenvalue weighted by Crippen LogP contribution is 2.16. The second-order valence-corrected chi connectivity index (χ2v) is 5.65. The van der Waals surface area contributed by atoms with Crippen LogP contribution in [0, 0.1) is 5.41 Å². The Bertz CT molecular complexity index is 323. The summed E-state index contributed by atoms with van der Waals surface area (Å²) in [5.74, 6) is -0.00812. The van der Waals surface area contributed by atoms with Crippen LogP contribution in [0.3, 0.4) is 0 Å². The summed E-state index contributed by atoms with van der Waals surface area (Å²) in [6.45, 7) is 5.44. The van der Waals surface area contributed by atoms with E-state index in [1.165, 1.54) is 7.11 Å². The number of nitrogens with one attached hydrogen (secondary N) is 1. The Kier molecular flexibility index (Phi) is 5.75. The largest absolute Gasteiger partial charge is 0.375 e. The summed E-state index contributed by atoms with van der Waals surface area (Å²) in [5.41, 5.74) is 5.04. The molecule has 1 rings (SSSR count). The van der Waals surface area contributed by atoms with Crippen molar-refractivity contribution in [2.24, 2.45) is 11.1 Å². The Hall–Kier alpha value is -1.14. The van der Waals surface area contributed by atoms with Gasteiger partial charge in [-0.1, -0.05) is 0 Å². The Morgan fingerprint density at radius 1 is 1.37 bits per heavy atom. The highest BCUT2D eigenvalue weighted by molar-refractivity contribution is 5.82. The average Bonchev–Trinajstić information content (AvgIpc) is 2.39. The van der Waals surface area contributed by atoms with Crippen LogP contribution in [0.1, 0.15) is 26.7 Å². The van der Waals surface area contributed by atoms with Crippen molar-refractivity contribution in [3.63, 3.8) is 0 Å². The number of likely N-dealkylation sites (tertiary alicyclic amines) is 1. The van der Waals surface area contributed by atoms with Gasteiger partial charge < -0.3 is 20.7 Å². The molecule has 0 atom stereocenters. The van der Waals surface area contributed by atoms with Gasteiger partial charge in [0.15, 0.2) is 0 Å². The highest BCUT2D eigenvalue weighted by atomic mass is 16.5. The first-order chi connectivity index (χ1) is 8.90. The summed E-state index contributed by atoms with van der Waals surface area (Å²) < 4.78 is 4.83. The molecule has 2 amide bonds. The van der Waals surface area contributed by atoms with Crippen molar-refractivity contribution in [2.75, 3.05) is 33.4 Å². The molecule has 0 unspecified atom stereocenters. The van der Waals surface area contributed by atoms with Gasteiger partial charge in [-0.25, -0.2) is 0 Å². The Morgan fingerprint density at radius 3 is 2.42 bits per heavy atom. The molecule has 110 valence electrons. The van der Waals surface area contributed by atoms with E-state index >= 15 is 0 Å². The summed E-state index contributed by atoms with van der Waals surface area (Å²) in [6.07, 6.45) is 1.56. The van der Waals surface area contributed by atoms with Gasteiger partial charge in [-0.15, -0.1) is 0 Å². The molecule has 1 aliphatic rings. The molecule has 0 bridgehead atoms. The van der Waals surface area contributed by atoms with E-state index in [9.17, 15) is 9.59 Å². The number of carbonyl (C=O) groups is 2. The van der Waals surface area contributed by atoms with E-state index in [-0.39, 0.29) is 24.5 Å². The van der Waals surface area contributed by atoms with Crippen molar-refractivity contribution < 1.29 is 14.3 Å². The zero-order valence-corrected chi connectivity index (χ0v) is 12.1. The predicted molar refractivity (Wildman–Crippen MR) is 72.5 cm³/mol. The van der Waals surface area contributed by atoms with Crippen LogP contribution in [-0.4, -0.2) is 56.1 Å². The van der Waals surface area contributed by atoms with Gasteiger partial charge in [0.05, 0.1) is 5.41 Å². The molecule has 1 aliphatic heterocycles. The molecule has 19 heavy (non-hydrogen) atoms. The van der Waals surface area contributed by atoms with E-state index in [1.54, 1.807) is 4.90 Å². The highest BCUT2D eigenvalue weighted by Gasteiger charge is 2.29. The first-order valence-electron chi connectivity index (χ1n) is 6.68. The van der Waals surface area contributed by atoms with Crippen LogP contribution in [0.25, 0.3) is 0 Å². The van der Waals surface area contributed by atoms with Gasteiger partial charge in [-0.2, -0.15) is 0 Å². The standard InChI is InChI=1S/C13H25N3O3/c1-13(2,9-14)12(18)15-10-4-6-16(7-5-10)11(17)8-19-3/h10H,4-9,14H2,1-3H3,(H,15,18). The van der Waals surface area contributed by atoms with Gasteiger partial charge in [-0.05, 0) is 26.7 Å². The quantitative estimate of drug-likeness (QED) is 0.720. The van der Waals surface area contributed by atoms with Crippen molar-refractivity contribution >= 4 is 11.8 Å². The maximum Gasteiger partial charge on any atom is 0.248 e. The molecule has 1 saturated heterocycles. The smallest absolute Gasteiger partial charge is 0.248 e. The minimum atomic E-state index is -0.539. The number of hydrogen-bond acceptors (Lipinski definition) is 4. The van der Waals surface area contributed by atoms with E-state index < -0.39 is 5.41 Å². The zero-order valence-electron chi connectivity index (χ0n) is 12.1. The Morgan fingerprint density at radius 2 is 1.95 bits per heavy atom. The molecule has 6 heteroatoms. The van der Waals surface area contributed by atoms with Crippen LogP contribution in [0.2, 0.25) is 0 Å². The van der Waals surface area contributed by atoms with Crippen LogP contribution in [0.4, 0.5) is 0 Å². The third-order valence-electron chi connectivity index (χ3n) is 3.58. The second kappa shape index (κ2) is 6.86. The van der Waals surface area contributed by atoms with E-state index in [1.807, 2.05) is 13.8 Å². The molecule has 0 radical (unpaired) electrons. The van der Waals surface area contributed by atoms with Crippen molar-refractivity contribution in [1.29, 1.82) is 0 Å². The lowest BCUT2D eigenvalue weighted by Gasteiger charge is -2.34. The minimum Gasteiger partial charge on any atom is -0.375 e. The van der Waals surface area contributed by atoms with Crippen LogP contribution in [-0.2, 0) is 14.3 Å². The van der Waals surface area contributed by atoms with E-state index in [0.29, 0.717) is 19.6 Å². The van der Waals surface area contributed by atoms with Gasteiger partial charge in [0.1, 0.15) is 6.61 Å². The number of nitrogens with two attached hydrogens (primary N) is 1. The molecule has 0 saturated carbocycles. The number of methoxy groups -OCH3 is 1. The van der Waals surface area contributed by atoms with E-state index in [2.05, 4.69) is 5.32 Å². The number of rotatable bonds is 5. The van der Waals surface area contributed by atoms with Crippen molar-refractivity contribution in [1.82, 2.24) is 10.2 Å². The summed E-state index contributed by atoms with van der Waals surface area (Å²) >= 11 is 0. The fraction of sp³-hybridized carbons (Fsp3) is 0.846. The normalized spacial score (nSPS) is 17.4. The number of carbonyl (C=O) groups excluding carboxylic acids is 2. The van der Waals surface area contributed by atoms with Gasteiger partial charge >= 0.3 is 0 Å². The zero-order chi connectivity index (χ0) is 14.5. The SMILES string of the molecule is COCC(=O)N1CCC(NC(=O)C(C)(C)CN)CC1. The number of nitrogens with zero attached hydrogens (tertiary/aromatic N) is 1. The third-order valence-corrected chi connectivity index (χ3v) is 3.58. The fourth-order valence-corrected chi connectivity index (χ4v) is 1.96. The molecule has 0 aromatic heterocycles. The van der Waals surface area contributed by atoms with Crippen molar-refractivity contribution in [3.05, 3.63) is 0 Å². The molecule has 0 aliphatic carbocycles.